The summed E-state index contributed by atoms with van der Waals surface area (Å²) >= 11 is 7.47. The Morgan fingerprint density at radius 1 is 1.16 bits per heavy atom. The second kappa shape index (κ2) is 7.50. The molecule has 1 N–H and O–H groups in total. The molecular formula is C20H21N3S2. The largest absolute Gasteiger partial charge is 0.362 e. The van der Waals surface area contributed by atoms with Crippen molar-refractivity contribution in [3.63, 3.8) is 0 Å². The highest BCUT2D eigenvalue weighted by atomic mass is 32.1. The number of aromatic nitrogens is 1. The summed E-state index contributed by atoms with van der Waals surface area (Å²) < 4.78 is 1.26. The van der Waals surface area contributed by atoms with Gasteiger partial charge in [-0.25, -0.2) is 4.98 Å². The first-order valence-electron chi connectivity index (χ1n) is 8.75. The fraction of sp³-hybridized carbons (Fsp3) is 0.300. The summed E-state index contributed by atoms with van der Waals surface area (Å²) in [6, 6.07) is 19.2. The maximum atomic E-state index is 5.68. The van der Waals surface area contributed by atoms with Crippen molar-refractivity contribution in [2.75, 3.05) is 13.1 Å². The minimum absolute atomic E-state index is 0.314. The van der Waals surface area contributed by atoms with Crippen LogP contribution >= 0.6 is 23.6 Å². The van der Waals surface area contributed by atoms with E-state index in [1.54, 1.807) is 11.3 Å². The molecule has 1 aromatic heterocycles. The molecule has 0 radical (unpaired) electrons. The molecule has 3 nitrogen and oxygen atoms in total. The fourth-order valence-electron chi connectivity index (χ4n) is 3.36. The summed E-state index contributed by atoms with van der Waals surface area (Å²) in [5.41, 5.74) is 2.43. The van der Waals surface area contributed by atoms with E-state index in [9.17, 15) is 0 Å². The van der Waals surface area contributed by atoms with Crippen LogP contribution in [0.5, 0.6) is 0 Å². The molecule has 5 heteroatoms. The minimum atomic E-state index is 0.314. The van der Waals surface area contributed by atoms with Gasteiger partial charge >= 0.3 is 0 Å². The maximum Gasteiger partial charge on any atom is 0.169 e. The molecule has 0 amide bonds. The van der Waals surface area contributed by atoms with Crippen LogP contribution in [-0.2, 0) is 6.42 Å². The standard InChI is InChI=1S/C20H21N3S2/c24-20(21-13-12-15-7-2-1-3-8-15)23-14-6-10-17(23)19-22-16-9-4-5-11-18(16)25-19/h1-5,7-9,11,17H,6,10,12-14H2,(H,21,24)/t17-/m1/s1. The Morgan fingerprint density at radius 2 is 1.96 bits per heavy atom. The van der Waals surface area contributed by atoms with Gasteiger partial charge in [-0.05, 0) is 49.2 Å². The van der Waals surface area contributed by atoms with Crippen LogP contribution < -0.4 is 5.32 Å². The number of fused-ring (bicyclic) bond motifs is 1. The lowest BCUT2D eigenvalue weighted by Gasteiger charge is -2.26. The molecule has 0 unspecified atom stereocenters. The number of para-hydroxylation sites is 1. The Hall–Kier alpha value is -1.98. The topological polar surface area (TPSA) is 28.2 Å². The van der Waals surface area contributed by atoms with Gasteiger partial charge in [-0.3, -0.25) is 0 Å². The fourth-order valence-corrected chi connectivity index (χ4v) is 4.79. The highest BCUT2D eigenvalue weighted by Crippen LogP contribution is 2.36. The third kappa shape index (κ3) is 3.67. The van der Waals surface area contributed by atoms with Gasteiger partial charge in [0.05, 0.1) is 16.3 Å². The molecule has 1 fully saturated rings. The van der Waals surface area contributed by atoms with E-state index in [4.69, 9.17) is 17.2 Å². The zero-order valence-corrected chi connectivity index (χ0v) is 15.7. The van der Waals surface area contributed by atoms with Crippen LogP contribution in [0, 0.1) is 0 Å². The van der Waals surface area contributed by atoms with Crippen molar-refractivity contribution in [2.45, 2.75) is 25.3 Å². The van der Waals surface area contributed by atoms with Gasteiger partial charge in [0.25, 0.3) is 0 Å². The number of thiazole rings is 1. The number of rotatable bonds is 4. The van der Waals surface area contributed by atoms with E-state index in [0.717, 1.165) is 36.6 Å². The molecular weight excluding hydrogens is 346 g/mol. The average Bonchev–Trinajstić information content (AvgIpc) is 3.29. The summed E-state index contributed by atoms with van der Waals surface area (Å²) in [4.78, 5) is 7.16. The number of likely N-dealkylation sites (tertiary alicyclic amines) is 1. The molecule has 0 spiro atoms. The number of nitrogens with zero attached hydrogens (tertiary/aromatic N) is 2. The van der Waals surface area contributed by atoms with Gasteiger partial charge in [0.2, 0.25) is 0 Å². The van der Waals surface area contributed by atoms with Crippen LogP contribution in [0.15, 0.2) is 54.6 Å². The summed E-state index contributed by atoms with van der Waals surface area (Å²) in [5.74, 6) is 0. The predicted octanol–water partition coefficient (Wildman–Crippen LogP) is 4.55. The summed E-state index contributed by atoms with van der Waals surface area (Å²) in [6.45, 7) is 1.88. The first-order valence-corrected chi connectivity index (χ1v) is 9.97. The minimum Gasteiger partial charge on any atom is -0.362 e. The van der Waals surface area contributed by atoms with Crippen molar-refractivity contribution in [1.82, 2.24) is 15.2 Å². The molecule has 1 saturated heterocycles. The molecule has 3 aromatic rings. The van der Waals surface area contributed by atoms with Gasteiger partial charge in [-0.1, -0.05) is 42.5 Å². The number of nitrogens with one attached hydrogen (secondary N) is 1. The molecule has 0 bridgehead atoms. The van der Waals surface area contributed by atoms with E-state index >= 15 is 0 Å². The van der Waals surface area contributed by atoms with Crippen LogP contribution in [-0.4, -0.2) is 28.1 Å². The van der Waals surface area contributed by atoms with Gasteiger partial charge < -0.3 is 10.2 Å². The third-order valence-electron chi connectivity index (χ3n) is 4.64. The maximum absolute atomic E-state index is 5.68. The Balaban J connectivity index is 1.41. The average molecular weight is 368 g/mol. The lowest BCUT2D eigenvalue weighted by Crippen LogP contribution is -2.40. The molecule has 1 atom stereocenters. The van der Waals surface area contributed by atoms with Crippen molar-refractivity contribution in [3.05, 3.63) is 65.2 Å². The number of benzene rings is 2. The van der Waals surface area contributed by atoms with Gasteiger partial charge in [-0.15, -0.1) is 11.3 Å². The summed E-state index contributed by atoms with van der Waals surface area (Å²) in [7, 11) is 0. The van der Waals surface area contributed by atoms with Crippen LogP contribution in [0.2, 0.25) is 0 Å². The van der Waals surface area contributed by atoms with Crippen molar-refractivity contribution >= 4 is 38.9 Å². The van der Waals surface area contributed by atoms with Gasteiger partial charge in [0, 0.05) is 13.1 Å². The molecule has 4 rings (SSSR count). The lowest BCUT2D eigenvalue weighted by atomic mass is 10.1. The summed E-state index contributed by atoms with van der Waals surface area (Å²) in [5, 5.41) is 5.49. The molecule has 0 saturated carbocycles. The van der Waals surface area contributed by atoms with Crippen molar-refractivity contribution in [3.8, 4) is 0 Å². The van der Waals surface area contributed by atoms with E-state index < -0.39 is 0 Å². The molecule has 0 aliphatic carbocycles. The molecule has 2 aromatic carbocycles. The molecule has 2 heterocycles. The zero-order chi connectivity index (χ0) is 17.1. The van der Waals surface area contributed by atoms with Crippen molar-refractivity contribution < 1.29 is 0 Å². The SMILES string of the molecule is S=C(NCCc1ccccc1)N1CCC[C@@H]1c1nc2ccccc2s1. The van der Waals surface area contributed by atoms with Crippen LogP contribution in [0.3, 0.4) is 0 Å². The van der Waals surface area contributed by atoms with Crippen LogP contribution in [0.4, 0.5) is 0 Å². The van der Waals surface area contributed by atoms with E-state index in [-0.39, 0.29) is 0 Å². The molecule has 1 aliphatic rings. The molecule has 128 valence electrons. The van der Waals surface area contributed by atoms with E-state index in [2.05, 4.69) is 52.7 Å². The molecule has 25 heavy (non-hydrogen) atoms. The third-order valence-corrected chi connectivity index (χ3v) is 6.16. The smallest absolute Gasteiger partial charge is 0.169 e. The summed E-state index contributed by atoms with van der Waals surface area (Å²) in [6.07, 6.45) is 3.28. The Morgan fingerprint density at radius 3 is 2.80 bits per heavy atom. The Labute approximate surface area is 157 Å². The van der Waals surface area contributed by atoms with Gasteiger partial charge in [-0.2, -0.15) is 0 Å². The number of thiocarbonyl (C=S) groups is 1. The monoisotopic (exact) mass is 367 g/mol. The van der Waals surface area contributed by atoms with E-state index in [1.165, 1.54) is 21.7 Å². The Kier molecular flexibility index (Phi) is 4.95. The van der Waals surface area contributed by atoms with Crippen molar-refractivity contribution in [2.24, 2.45) is 0 Å². The second-order valence-corrected chi connectivity index (χ2v) is 7.79. The van der Waals surface area contributed by atoms with Crippen LogP contribution in [0.1, 0.15) is 29.5 Å². The quantitative estimate of drug-likeness (QED) is 0.685. The highest BCUT2D eigenvalue weighted by molar-refractivity contribution is 7.80. The van der Waals surface area contributed by atoms with Crippen LogP contribution in [0.25, 0.3) is 10.2 Å². The molecule has 1 aliphatic heterocycles. The second-order valence-electron chi connectivity index (χ2n) is 6.34. The number of hydrogen-bond acceptors (Lipinski definition) is 3. The normalized spacial score (nSPS) is 17.1. The van der Waals surface area contributed by atoms with Crippen molar-refractivity contribution in [1.29, 1.82) is 0 Å². The zero-order valence-electron chi connectivity index (χ0n) is 14.0. The van der Waals surface area contributed by atoms with Gasteiger partial charge in [0.15, 0.2) is 5.11 Å². The van der Waals surface area contributed by atoms with E-state index in [1.807, 2.05) is 12.1 Å². The first-order chi connectivity index (χ1) is 12.3. The first kappa shape index (κ1) is 16.5. The Bertz CT molecular complexity index is 827. The van der Waals surface area contributed by atoms with E-state index in [0.29, 0.717) is 6.04 Å². The highest BCUT2D eigenvalue weighted by Gasteiger charge is 2.30. The number of hydrogen-bond donors (Lipinski definition) is 1. The lowest BCUT2D eigenvalue weighted by molar-refractivity contribution is 0.393. The predicted molar refractivity (Wildman–Crippen MR) is 109 cm³/mol. The van der Waals surface area contributed by atoms with Gasteiger partial charge in [0.1, 0.15) is 5.01 Å².